The van der Waals surface area contributed by atoms with Gasteiger partial charge < -0.3 is 20.3 Å². The van der Waals surface area contributed by atoms with Crippen molar-refractivity contribution >= 4 is 34.9 Å². The number of aliphatic hydroxyl groups excluding tert-OH is 1. The van der Waals surface area contributed by atoms with Gasteiger partial charge >= 0.3 is 11.9 Å². The predicted octanol–water partition coefficient (Wildman–Crippen LogP) is 5.51. The second-order valence-corrected chi connectivity index (χ2v) is 11.9. The number of ketones is 1. The first-order chi connectivity index (χ1) is 21.5. The number of allylic oxidation sites excluding steroid dienone is 11. The number of nitrogens with zero attached hydrogens (tertiary/aromatic N) is 3. The van der Waals surface area contributed by atoms with Gasteiger partial charge in [-0.1, -0.05) is 20.8 Å². The van der Waals surface area contributed by atoms with Crippen LogP contribution in [0.3, 0.4) is 0 Å². The maximum absolute atomic E-state index is 14.0. The van der Waals surface area contributed by atoms with E-state index in [4.69, 9.17) is 19.7 Å². The Balaban J connectivity index is 1.68. The molecule has 5 heterocycles. The molecule has 0 aromatic heterocycles. The molecule has 8 bridgehead atoms. The van der Waals surface area contributed by atoms with Crippen LogP contribution in [-0.2, 0) is 19.1 Å². The van der Waals surface area contributed by atoms with Crippen LogP contribution >= 0.6 is 0 Å². The van der Waals surface area contributed by atoms with E-state index in [2.05, 4.69) is 12.2 Å². The van der Waals surface area contributed by atoms with Gasteiger partial charge in [0.15, 0.2) is 5.78 Å². The van der Waals surface area contributed by atoms with Gasteiger partial charge in [-0.2, -0.15) is 0 Å². The number of carbonyl (C=O) groups is 3. The van der Waals surface area contributed by atoms with Crippen molar-refractivity contribution in [3.63, 3.8) is 0 Å². The number of nitrogens with one attached hydrogen (secondary N) is 1. The van der Waals surface area contributed by atoms with Crippen molar-refractivity contribution in [1.29, 1.82) is 0 Å². The maximum Gasteiger partial charge on any atom is 0.321 e. The summed E-state index contributed by atoms with van der Waals surface area (Å²) in [6.07, 6.45) is 8.30. The molecule has 0 aromatic carbocycles. The van der Waals surface area contributed by atoms with E-state index in [1.165, 1.54) is 7.11 Å². The fourth-order valence-electron chi connectivity index (χ4n) is 7.21. The SMILES string of the molecule is CCC1=C(C)C2=NC1=CC1=NC(=C(CC)/C1=C\O)C=C1N=C3C(=C1C)C(=O)C(C(=O)OC)C3=C1NC(=C2)[C@@H](C)[C@@H]1CCC(=O)O. The predicted molar refractivity (Wildman–Crippen MR) is 170 cm³/mol. The van der Waals surface area contributed by atoms with E-state index in [0.717, 1.165) is 46.5 Å². The molecule has 45 heavy (non-hydrogen) atoms. The van der Waals surface area contributed by atoms with E-state index in [0.29, 0.717) is 63.6 Å². The summed E-state index contributed by atoms with van der Waals surface area (Å²) in [6.45, 7) is 9.89. The van der Waals surface area contributed by atoms with Crippen molar-refractivity contribution in [2.45, 2.75) is 60.3 Å². The molecule has 10 nitrogen and oxygen atoms in total. The number of hydrogen-bond acceptors (Lipinski definition) is 9. The second-order valence-electron chi connectivity index (χ2n) is 11.9. The zero-order chi connectivity index (χ0) is 32.3. The molecular weight excluding hydrogens is 572 g/mol. The Morgan fingerprint density at radius 1 is 1.00 bits per heavy atom. The molecule has 1 aliphatic carbocycles. The summed E-state index contributed by atoms with van der Waals surface area (Å²) in [4.78, 5) is 53.8. The number of aliphatic imine (C=N–C) groups is 3. The van der Waals surface area contributed by atoms with E-state index in [-0.39, 0.29) is 18.3 Å². The lowest BCUT2D eigenvalue weighted by molar-refractivity contribution is -0.146. The largest absolute Gasteiger partial charge is 0.515 e. The quantitative estimate of drug-likeness (QED) is 0.204. The summed E-state index contributed by atoms with van der Waals surface area (Å²) in [5.41, 5.74) is 9.96. The van der Waals surface area contributed by atoms with Crippen LogP contribution in [0.25, 0.3) is 0 Å². The molecule has 6 rings (SSSR count). The van der Waals surface area contributed by atoms with Crippen LogP contribution in [0, 0.1) is 17.8 Å². The normalized spacial score (nSPS) is 26.3. The van der Waals surface area contributed by atoms with Crippen LogP contribution in [-0.4, -0.2) is 52.2 Å². The molecule has 3 N–H and O–H groups in total. The van der Waals surface area contributed by atoms with E-state index < -0.39 is 23.6 Å². The Kier molecular flexibility index (Phi) is 7.54. The number of aliphatic hydroxyl groups is 1. The number of fused-ring (bicyclic) bond motifs is 5. The summed E-state index contributed by atoms with van der Waals surface area (Å²) in [5.74, 6) is -3.74. The van der Waals surface area contributed by atoms with Crippen LogP contribution in [0.2, 0.25) is 0 Å². The van der Waals surface area contributed by atoms with Gasteiger partial charge in [-0.25, -0.2) is 15.0 Å². The summed E-state index contributed by atoms with van der Waals surface area (Å²) in [5, 5.41) is 23.4. The Morgan fingerprint density at radius 3 is 2.38 bits per heavy atom. The first-order valence-electron chi connectivity index (χ1n) is 15.3. The molecule has 0 amide bonds. The van der Waals surface area contributed by atoms with Gasteiger partial charge in [0, 0.05) is 46.4 Å². The van der Waals surface area contributed by atoms with Crippen LogP contribution in [0.1, 0.15) is 60.3 Å². The van der Waals surface area contributed by atoms with Crippen molar-refractivity contribution < 1.29 is 29.3 Å². The summed E-state index contributed by atoms with van der Waals surface area (Å²) in [7, 11) is 1.25. The summed E-state index contributed by atoms with van der Waals surface area (Å²) in [6, 6.07) is 0. The molecule has 3 atom stereocenters. The first kappa shape index (κ1) is 30.2. The molecule has 6 aliphatic rings. The molecule has 1 saturated carbocycles. The molecule has 232 valence electrons. The Bertz CT molecular complexity index is 1830. The number of carboxylic acids is 1. The van der Waals surface area contributed by atoms with E-state index in [1.807, 2.05) is 39.0 Å². The van der Waals surface area contributed by atoms with Crippen molar-refractivity contribution in [2.24, 2.45) is 32.7 Å². The fraction of sp³-hybridized carbons (Fsp3) is 0.371. The number of methoxy groups -OCH3 is 1. The highest BCUT2D eigenvalue weighted by molar-refractivity contribution is 6.42. The molecule has 1 saturated heterocycles. The first-order valence-corrected chi connectivity index (χ1v) is 15.3. The van der Waals surface area contributed by atoms with Crippen molar-refractivity contribution in [1.82, 2.24) is 5.32 Å². The minimum Gasteiger partial charge on any atom is -0.515 e. The highest BCUT2D eigenvalue weighted by atomic mass is 16.5. The Morgan fingerprint density at radius 2 is 1.73 bits per heavy atom. The van der Waals surface area contributed by atoms with Gasteiger partial charge in [-0.05, 0) is 73.6 Å². The molecule has 1 unspecified atom stereocenters. The van der Waals surface area contributed by atoms with Crippen molar-refractivity contribution in [3.8, 4) is 0 Å². The van der Waals surface area contributed by atoms with Gasteiger partial charge in [-0.3, -0.25) is 14.4 Å². The van der Waals surface area contributed by atoms with Crippen LogP contribution in [0.4, 0.5) is 0 Å². The number of carbonyl (C=O) groups excluding carboxylic acids is 2. The monoisotopic (exact) mass is 608 g/mol. The summed E-state index contributed by atoms with van der Waals surface area (Å²) >= 11 is 0. The standard InChI is InChI=1S/C35H36N4O6/c1-7-18-15(3)22-11-23-16(4)20(9-10-28(41)42)32(38-23)30-31(35(44)45-6)34(43)29-17(5)24(39-33(29)30)12-26-19(8-2)21(14-40)27(37-26)13-25(18)36-22/h11-14,16,20,31,38,40H,7-10H2,1-6H3,(H,41,42)/b21-14+,23-11?,24-12?,25-13?,32-30?/t16-,20-,31?/m0/s1. The van der Waals surface area contributed by atoms with Crippen molar-refractivity contribution in [2.75, 3.05) is 7.11 Å². The minimum absolute atomic E-state index is 0.0849. The number of Topliss-reactive ketones (excluding diaryl/α,β-unsaturated/α-hetero) is 1. The molecule has 5 aliphatic heterocycles. The zero-order valence-corrected chi connectivity index (χ0v) is 26.2. The lowest BCUT2D eigenvalue weighted by atomic mass is 9.85. The van der Waals surface area contributed by atoms with E-state index >= 15 is 0 Å². The maximum atomic E-state index is 14.0. The molecule has 10 heteroatoms. The average Bonchev–Trinajstić information content (AvgIpc) is 3.76. The average molecular weight is 609 g/mol. The number of aliphatic carboxylic acids is 1. The Labute approximate surface area is 261 Å². The minimum atomic E-state index is -1.22. The van der Waals surface area contributed by atoms with Gasteiger partial charge in [0.25, 0.3) is 0 Å². The number of rotatable bonds is 6. The third-order valence-corrected chi connectivity index (χ3v) is 9.63. The number of esters is 1. The van der Waals surface area contributed by atoms with Gasteiger partial charge in [-0.15, -0.1) is 0 Å². The third-order valence-electron chi connectivity index (χ3n) is 9.63. The highest BCUT2D eigenvalue weighted by Crippen LogP contribution is 2.47. The highest BCUT2D eigenvalue weighted by Gasteiger charge is 2.51. The van der Waals surface area contributed by atoms with Crippen LogP contribution in [0.15, 0.2) is 107 Å². The number of ether oxygens (including phenoxy) is 1. The fourth-order valence-corrected chi connectivity index (χ4v) is 7.21. The van der Waals surface area contributed by atoms with Crippen molar-refractivity contribution in [3.05, 3.63) is 92.0 Å². The molecule has 2 fully saturated rings. The lowest BCUT2D eigenvalue weighted by Crippen LogP contribution is -2.26. The molecule has 0 aromatic rings. The second kappa shape index (κ2) is 11.3. The van der Waals surface area contributed by atoms with Crippen LogP contribution in [0.5, 0.6) is 0 Å². The lowest BCUT2D eigenvalue weighted by Gasteiger charge is -2.18. The zero-order valence-electron chi connectivity index (χ0n) is 26.2. The molecular formula is C35H36N4O6. The smallest absolute Gasteiger partial charge is 0.321 e. The van der Waals surface area contributed by atoms with E-state index in [1.54, 1.807) is 6.92 Å². The van der Waals surface area contributed by atoms with E-state index in [9.17, 15) is 24.6 Å². The third kappa shape index (κ3) is 4.62. The topological polar surface area (TPSA) is 150 Å². The van der Waals surface area contributed by atoms with Crippen LogP contribution < -0.4 is 5.32 Å². The van der Waals surface area contributed by atoms with Gasteiger partial charge in [0.2, 0.25) is 0 Å². The number of hydrogen-bond donors (Lipinski definition) is 3. The molecule has 0 radical (unpaired) electrons. The van der Waals surface area contributed by atoms with Gasteiger partial charge in [0.1, 0.15) is 5.92 Å². The van der Waals surface area contributed by atoms with Gasteiger partial charge in [0.05, 0.1) is 47.6 Å². The Hall–Kier alpha value is -4.86. The summed E-state index contributed by atoms with van der Waals surface area (Å²) < 4.78 is 5.12. The number of carboxylic acid groups (broad SMARTS) is 1. The molecule has 0 spiro atoms.